The van der Waals surface area contributed by atoms with Crippen molar-refractivity contribution in [1.29, 1.82) is 0 Å². The second-order valence-corrected chi connectivity index (χ2v) is 3.05. The Morgan fingerprint density at radius 2 is 2.33 bits per heavy atom. The van der Waals surface area contributed by atoms with Gasteiger partial charge in [-0.1, -0.05) is 6.92 Å². The van der Waals surface area contributed by atoms with Gasteiger partial charge >= 0.3 is 0 Å². The smallest absolute Gasteiger partial charge is 0.0456 e. The minimum atomic E-state index is 0.344. The molecule has 1 rings (SSSR count). The molecule has 1 atom stereocenters. The molecule has 2 nitrogen and oxygen atoms in total. The molecule has 0 radical (unpaired) electrons. The normalized spacial score (nSPS) is 23.3. The Labute approximate surface area is 56.3 Å². The van der Waals surface area contributed by atoms with Gasteiger partial charge in [-0.2, -0.15) is 0 Å². The molecular weight excluding hydrogens is 114 g/mol. The fraction of sp³-hybridized carbons (Fsp3) is 1.00. The van der Waals surface area contributed by atoms with Crippen LogP contribution in [0.15, 0.2) is 0 Å². The highest BCUT2D eigenvalue weighted by Crippen LogP contribution is 2.14. The van der Waals surface area contributed by atoms with Gasteiger partial charge in [-0.25, -0.2) is 0 Å². The highest BCUT2D eigenvalue weighted by Gasteiger charge is 2.18. The summed E-state index contributed by atoms with van der Waals surface area (Å²) in [5.74, 6) is 1.34. The Morgan fingerprint density at radius 1 is 1.67 bits per heavy atom. The Hall–Kier alpha value is -0.0800. The molecule has 0 aromatic rings. The summed E-state index contributed by atoms with van der Waals surface area (Å²) in [5.41, 5.74) is 0. The van der Waals surface area contributed by atoms with Crippen molar-refractivity contribution < 1.29 is 5.11 Å². The summed E-state index contributed by atoms with van der Waals surface area (Å²) in [6, 6.07) is 0. The molecule has 2 heteroatoms. The molecule has 0 aliphatic carbocycles. The summed E-state index contributed by atoms with van der Waals surface area (Å²) in [6.07, 6.45) is 1.18. The van der Waals surface area contributed by atoms with E-state index in [0.717, 1.165) is 19.0 Å². The van der Waals surface area contributed by atoms with E-state index in [4.69, 9.17) is 5.11 Å². The summed E-state index contributed by atoms with van der Waals surface area (Å²) >= 11 is 0. The number of nitrogens with one attached hydrogen (secondary N) is 1. The highest BCUT2D eigenvalue weighted by molar-refractivity contribution is 4.75. The van der Waals surface area contributed by atoms with E-state index in [9.17, 15) is 0 Å². The van der Waals surface area contributed by atoms with Crippen molar-refractivity contribution in [3.8, 4) is 0 Å². The van der Waals surface area contributed by atoms with Gasteiger partial charge in [0.1, 0.15) is 0 Å². The molecule has 0 amide bonds. The van der Waals surface area contributed by atoms with E-state index in [2.05, 4.69) is 12.2 Å². The van der Waals surface area contributed by atoms with E-state index >= 15 is 0 Å². The van der Waals surface area contributed by atoms with Gasteiger partial charge in [0.2, 0.25) is 0 Å². The molecule has 1 saturated heterocycles. The lowest BCUT2D eigenvalue weighted by molar-refractivity contribution is 0.192. The van der Waals surface area contributed by atoms with Crippen LogP contribution in [0.25, 0.3) is 0 Å². The number of hydrogen-bond donors (Lipinski definition) is 2. The standard InChI is InChI=1S/C7H15NO/c1-6(5-9)2-7-3-8-4-7/h6-9H,2-5H2,1H3. The zero-order chi connectivity index (χ0) is 6.69. The summed E-state index contributed by atoms with van der Waals surface area (Å²) in [5, 5.41) is 11.9. The maximum absolute atomic E-state index is 8.68. The molecule has 0 saturated carbocycles. The van der Waals surface area contributed by atoms with Gasteiger partial charge < -0.3 is 10.4 Å². The molecule has 1 aliphatic heterocycles. The third kappa shape index (κ3) is 1.95. The Kier molecular flexibility index (Phi) is 2.49. The minimum absolute atomic E-state index is 0.344. The second kappa shape index (κ2) is 3.18. The van der Waals surface area contributed by atoms with E-state index in [1.54, 1.807) is 0 Å². The van der Waals surface area contributed by atoms with E-state index in [1.807, 2.05) is 0 Å². The summed E-state index contributed by atoms with van der Waals surface area (Å²) in [7, 11) is 0. The van der Waals surface area contributed by atoms with Crippen LogP contribution < -0.4 is 5.32 Å². The van der Waals surface area contributed by atoms with Gasteiger partial charge in [0.25, 0.3) is 0 Å². The largest absolute Gasteiger partial charge is 0.396 e. The molecule has 2 N–H and O–H groups in total. The van der Waals surface area contributed by atoms with Crippen LogP contribution in [0.2, 0.25) is 0 Å². The number of hydrogen-bond acceptors (Lipinski definition) is 2. The molecule has 1 heterocycles. The van der Waals surface area contributed by atoms with Crippen LogP contribution in [-0.4, -0.2) is 24.8 Å². The topological polar surface area (TPSA) is 32.3 Å². The Bertz CT molecular complexity index is 78.2. The van der Waals surface area contributed by atoms with E-state index < -0.39 is 0 Å². The predicted molar refractivity (Wildman–Crippen MR) is 37.2 cm³/mol. The Morgan fingerprint density at radius 3 is 2.67 bits per heavy atom. The average molecular weight is 129 g/mol. The van der Waals surface area contributed by atoms with Crippen LogP contribution in [0.3, 0.4) is 0 Å². The van der Waals surface area contributed by atoms with Crippen molar-refractivity contribution in [3.05, 3.63) is 0 Å². The number of aliphatic hydroxyl groups is 1. The average Bonchev–Trinajstić information content (AvgIpc) is 1.78. The van der Waals surface area contributed by atoms with E-state index in [-0.39, 0.29) is 0 Å². The first kappa shape index (κ1) is 7.03. The van der Waals surface area contributed by atoms with Crippen LogP contribution in [-0.2, 0) is 0 Å². The van der Waals surface area contributed by atoms with Crippen molar-refractivity contribution in [3.63, 3.8) is 0 Å². The third-order valence-corrected chi connectivity index (χ3v) is 1.91. The van der Waals surface area contributed by atoms with E-state index in [1.165, 1.54) is 6.42 Å². The molecule has 1 aliphatic rings. The lowest BCUT2D eigenvalue weighted by atomic mass is 9.92. The molecule has 1 fully saturated rings. The predicted octanol–water partition coefficient (Wildman–Crippen LogP) is 0.224. The zero-order valence-corrected chi connectivity index (χ0v) is 5.93. The van der Waals surface area contributed by atoms with Crippen LogP contribution in [0, 0.1) is 11.8 Å². The molecule has 0 bridgehead atoms. The molecular formula is C7H15NO. The van der Waals surface area contributed by atoms with Crippen LogP contribution in [0.1, 0.15) is 13.3 Å². The fourth-order valence-corrected chi connectivity index (χ4v) is 1.16. The number of rotatable bonds is 3. The van der Waals surface area contributed by atoms with E-state index in [0.29, 0.717) is 12.5 Å². The highest BCUT2D eigenvalue weighted by atomic mass is 16.3. The maximum Gasteiger partial charge on any atom is 0.0456 e. The molecule has 9 heavy (non-hydrogen) atoms. The first-order valence-electron chi connectivity index (χ1n) is 3.64. The molecule has 0 aromatic heterocycles. The summed E-state index contributed by atoms with van der Waals surface area (Å²) in [6.45, 7) is 4.75. The van der Waals surface area contributed by atoms with Crippen molar-refractivity contribution in [1.82, 2.24) is 5.32 Å². The zero-order valence-electron chi connectivity index (χ0n) is 5.93. The van der Waals surface area contributed by atoms with Crippen LogP contribution >= 0.6 is 0 Å². The van der Waals surface area contributed by atoms with Crippen molar-refractivity contribution >= 4 is 0 Å². The first-order chi connectivity index (χ1) is 4.33. The lowest BCUT2D eigenvalue weighted by Gasteiger charge is -2.28. The molecule has 54 valence electrons. The van der Waals surface area contributed by atoms with Gasteiger partial charge in [0.15, 0.2) is 0 Å². The number of aliphatic hydroxyl groups excluding tert-OH is 1. The first-order valence-corrected chi connectivity index (χ1v) is 3.64. The van der Waals surface area contributed by atoms with Crippen LogP contribution in [0.4, 0.5) is 0 Å². The minimum Gasteiger partial charge on any atom is -0.396 e. The molecule has 1 unspecified atom stereocenters. The summed E-state index contributed by atoms with van der Waals surface area (Å²) in [4.78, 5) is 0. The fourth-order valence-electron chi connectivity index (χ4n) is 1.16. The monoisotopic (exact) mass is 129 g/mol. The van der Waals surface area contributed by atoms with Crippen molar-refractivity contribution in [2.75, 3.05) is 19.7 Å². The van der Waals surface area contributed by atoms with Gasteiger partial charge in [-0.05, 0) is 31.3 Å². The molecule has 0 aromatic carbocycles. The van der Waals surface area contributed by atoms with Crippen molar-refractivity contribution in [2.24, 2.45) is 11.8 Å². The quantitative estimate of drug-likeness (QED) is 0.571. The van der Waals surface area contributed by atoms with Crippen LogP contribution in [0.5, 0.6) is 0 Å². The SMILES string of the molecule is CC(CO)CC1CNC1. The summed E-state index contributed by atoms with van der Waals surface area (Å²) < 4.78 is 0. The Balaban J connectivity index is 2.01. The van der Waals surface area contributed by atoms with Crippen molar-refractivity contribution in [2.45, 2.75) is 13.3 Å². The van der Waals surface area contributed by atoms with Gasteiger partial charge in [-0.3, -0.25) is 0 Å². The third-order valence-electron chi connectivity index (χ3n) is 1.91. The molecule has 0 spiro atoms. The maximum atomic E-state index is 8.68. The van der Waals surface area contributed by atoms with Gasteiger partial charge in [-0.15, -0.1) is 0 Å². The van der Waals surface area contributed by atoms with Gasteiger partial charge in [0, 0.05) is 6.61 Å². The lowest BCUT2D eigenvalue weighted by Crippen LogP contribution is -2.42. The van der Waals surface area contributed by atoms with Gasteiger partial charge in [0.05, 0.1) is 0 Å². The second-order valence-electron chi connectivity index (χ2n) is 3.05.